The first-order valence-electron chi connectivity index (χ1n) is 8.68. The number of carbonyl (C=O) groups is 1. The van der Waals surface area contributed by atoms with Gasteiger partial charge < -0.3 is 15.5 Å². The first-order chi connectivity index (χ1) is 12.4. The van der Waals surface area contributed by atoms with E-state index in [1.165, 1.54) is 0 Å². The lowest BCUT2D eigenvalue weighted by Gasteiger charge is -2.15. The smallest absolute Gasteiger partial charge is 0.223 e. The van der Waals surface area contributed by atoms with E-state index in [4.69, 9.17) is 0 Å². The van der Waals surface area contributed by atoms with E-state index in [2.05, 4.69) is 38.9 Å². The van der Waals surface area contributed by atoms with E-state index in [0.717, 1.165) is 22.6 Å². The molecule has 1 aromatic heterocycles. The van der Waals surface area contributed by atoms with Crippen molar-refractivity contribution in [1.29, 1.82) is 0 Å². The molecule has 0 unspecified atom stereocenters. The maximum atomic E-state index is 11.6. The largest absolute Gasteiger partial charge is 0.356 e. The molecule has 0 radical (unpaired) electrons. The molecule has 0 atom stereocenters. The number of halogens is 1. The normalized spacial score (nSPS) is 10.9. The molecule has 0 aliphatic heterocycles. The number of benzene rings is 1. The highest BCUT2D eigenvalue weighted by molar-refractivity contribution is 14.0. The number of aliphatic imine (C=N–C) groups is 1. The molecule has 27 heavy (non-hydrogen) atoms. The van der Waals surface area contributed by atoms with Gasteiger partial charge in [-0.3, -0.25) is 9.79 Å². The molecule has 0 fully saturated rings. The second-order valence-corrected chi connectivity index (χ2v) is 6.36. The summed E-state index contributed by atoms with van der Waals surface area (Å²) in [7, 11) is 5.23. The van der Waals surface area contributed by atoms with Gasteiger partial charge in [-0.2, -0.15) is 5.10 Å². The van der Waals surface area contributed by atoms with Crippen LogP contribution in [0, 0.1) is 13.8 Å². The number of hydrogen-bond acceptors (Lipinski definition) is 3. The molecule has 0 spiro atoms. The van der Waals surface area contributed by atoms with Gasteiger partial charge in [0.05, 0.1) is 11.4 Å². The molecule has 0 aliphatic rings. The monoisotopic (exact) mass is 484 g/mol. The molecule has 0 bridgehead atoms. The summed E-state index contributed by atoms with van der Waals surface area (Å²) in [5.74, 6) is 0.752. The molecule has 1 amide bonds. The Labute approximate surface area is 178 Å². The summed E-state index contributed by atoms with van der Waals surface area (Å²) in [6, 6.07) is 10.2. The van der Waals surface area contributed by atoms with Crippen LogP contribution in [0.2, 0.25) is 0 Å². The van der Waals surface area contributed by atoms with Gasteiger partial charge in [0.25, 0.3) is 0 Å². The Bertz CT molecular complexity index is 784. The average molecular weight is 484 g/mol. The number of guanidine groups is 1. The third-order valence-corrected chi connectivity index (χ3v) is 4.03. The molecule has 2 aromatic rings. The number of carbonyl (C=O) groups excluding carboxylic acids is 1. The van der Waals surface area contributed by atoms with Crippen molar-refractivity contribution >= 4 is 35.8 Å². The van der Waals surface area contributed by atoms with E-state index in [9.17, 15) is 4.79 Å². The van der Waals surface area contributed by atoms with Crippen LogP contribution in [0.1, 0.15) is 23.4 Å². The Morgan fingerprint density at radius 3 is 2.52 bits per heavy atom. The third-order valence-electron chi connectivity index (χ3n) is 4.03. The molecule has 2 N–H and O–H groups in total. The minimum Gasteiger partial charge on any atom is -0.356 e. The third kappa shape index (κ3) is 6.53. The molecule has 0 saturated heterocycles. The zero-order valence-electron chi connectivity index (χ0n) is 16.6. The van der Waals surface area contributed by atoms with Gasteiger partial charge in [0.2, 0.25) is 5.91 Å². The van der Waals surface area contributed by atoms with Crippen LogP contribution in [-0.4, -0.2) is 54.2 Å². The summed E-state index contributed by atoms with van der Waals surface area (Å²) in [4.78, 5) is 17.4. The van der Waals surface area contributed by atoms with Gasteiger partial charge in [0.15, 0.2) is 5.96 Å². The van der Waals surface area contributed by atoms with Crippen molar-refractivity contribution in [2.75, 3.05) is 27.7 Å². The Hall–Kier alpha value is -2.10. The van der Waals surface area contributed by atoms with E-state index in [0.29, 0.717) is 25.5 Å². The van der Waals surface area contributed by atoms with Crippen LogP contribution in [0.5, 0.6) is 0 Å². The Kier molecular flexibility index (Phi) is 9.27. The number of amides is 1. The summed E-state index contributed by atoms with van der Waals surface area (Å²) in [6.07, 6.45) is 0.427. The van der Waals surface area contributed by atoms with Crippen molar-refractivity contribution in [3.63, 3.8) is 0 Å². The fourth-order valence-electron chi connectivity index (χ4n) is 2.65. The maximum absolute atomic E-state index is 11.6. The number of rotatable bonds is 6. The Morgan fingerprint density at radius 2 is 1.93 bits per heavy atom. The predicted octanol–water partition coefficient (Wildman–Crippen LogP) is 2.25. The van der Waals surface area contributed by atoms with Gasteiger partial charge in [0, 0.05) is 46.3 Å². The highest BCUT2D eigenvalue weighted by atomic mass is 127. The lowest BCUT2D eigenvalue weighted by atomic mass is 10.1. The molecule has 7 nitrogen and oxygen atoms in total. The van der Waals surface area contributed by atoms with Crippen LogP contribution in [0.3, 0.4) is 0 Å². The summed E-state index contributed by atoms with van der Waals surface area (Å²) in [6.45, 7) is 5.18. The van der Waals surface area contributed by atoms with Crippen LogP contribution in [0.25, 0.3) is 5.69 Å². The summed E-state index contributed by atoms with van der Waals surface area (Å²) >= 11 is 0. The summed E-state index contributed by atoms with van der Waals surface area (Å²) in [5, 5.41) is 11.0. The van der Waals surface area contributed by atoms with Crippen LogP contribution >= 0.6 is 24.0 Å². The topological polar surface area (TPSA) is 74.6 Å². The minimum atomic E-state index is 0. The highest BCUT2D eigenvalue weighted by Crippen LogP contribution is 2.16. The molecule has 0 aliphatic carbocycles. The fourth-order valence-corrected chi connectivity index (χ4v) is 2.65. The van der Waals surface area contributed by atoms with Crippen LogP contribution in [0.15, 0.2) is 35.3 Å². The molecule has 1 heterocycles. The van der Waals surface area contributed by atoms with Gasteiger partial charge in [-0.15, -0.1) is 24.0 Å². The standard InChI is InChI=1S/C19H28N6O.HI/c1-14-12-15(2)25(23-14)17-9-7-6-8-16(17)13-22-19(20-3)21-11-10-18(26)24(4)5;/h6-9,12H,10-11,13H2,1-5H3,(H2,20,21,22);1H. The summed E-state index contributed by atoms with van der Waals surface area (Å²) in [5.41, 5.74) is 4.25. The van der Waals surface area contributed by atoms with Crippen LogP contribution in [0.4, 0.5) is 0 Å². The second-order valence-electron chi connectivity index (χ2n) is 6.36. The number of nitrogens with zero attached hydrogens (tertiary/aromatic N) is 4. The summed E-state index contributed by atoms with van der Waals surface area (Å²) < 4.78 is 1.96. The van der Waals surface area contributed by atoms with Crippen molar-refractivity contribution in [3.05, 3.63) is 47.3 Å². The molecule has 1 aromatic carbocycles. The van der Waals surface area contributed by atoms with Crippen LogP contribution < -0.4 is 10.6 Å². The van der Waals surface area contributed by atoms with Gasteiger partial charge in [-0.1, -0.05) is 18.2 Å². The van der Waals surface area contributed by atoms with E-state index in [-0.39, 0.29) is 29.9 Å². The van der Waals surface area contributed by atoms with Crippen molar-refractivity contribution in [2.24, 2.45) is 4.99 Å². The van der Waals surface area contributed by atoms with E-state index in [1.54, 1.807) is 26.0 Å². The highest BCUT2D eigenvalue weighted by Gasteiger charge is 2.09. The number of hydrogen-bond donors (Lipinski definition) is 2. The first kappa shape index (κ1) is 22.9. The van der Waals surface area contributed by atoms with Gasteiger partial charge >= 0.3 is 0 Å². The van der Waals surface area contributed by atoms with Crippen molar-refractivity contribution in [3.8, 4) is 5.69 Å². The number of aryl methyl sites for hydroxylation is 2. The molecule has 2 rings (SSSR count). The molecule has 8 heteroatoms. The first-order valence-corrected chi connectivity index (χ1v) is 8.68. The van der Waals surface area contributed by atoms with Gasteiger partial charge in [-0.05, 0) is 31.5 Å². The predicted molar refractivity (Wildman–Crippen MR) is 120 cm³/mol. The fraction of sp³-hybridized carbons (Fsp3) is 0.421. The second kappa shape index (κ2) is 10.9. The van der Waals surface area contributed by atoms with Crippen molar-refractivity contribution in [1.82, 2.24) is 25.3 Å². The van der Waals surface area contributed by atoms with Gasteiger partial charge in [-0.25, -0.2) is 4.68 Å². The Morgan fingerprint density at radius 1 is 1.22 bits per heavy atom. The lowest BCUT2D eigenvalue weighted by molar-refractivity contribution is -0.128. The zero-order valence-corrected chi connectivity index (χ0v) is 18.9. The number of nitrogens with one attached hydrogen (secondary N) is 2. The lowest BCUT2D eigenvalue weighted by Crippen LogP contribution is -2.39. The Balaban J connectivity index is 0.00000364. The zero-order chi connectivity index (χ0) is 19.1. The maximum Gasteiger partial charge on any atom is 0.223 e. The molecule has 148 valence electrons. The van der Waals surface area contributed by atoms with E-state index >= 15 is 0 Å². The van der Waals surface area contributed by atoms with E-state index in [1.807, 2.05) is 30.7 Å². The SMILES string of the molecule is CN=C(NCCC(=O)N(C)C)NCc1ccccc1-n1nc(C)cc1C.I. The number of para-hydroxylation sites is 1. The molecular formula is C19H29IN6O. The quantitative estimate of drug-likeness (QED) is 0.375. The van der Waals surface area contributed by atoms with Crippen LogP contribution in [-0.2, 0) is 11.3 Å². The number of aromatic nitrogens is 2. The van der Waals surface area contributed by atoms with Gasteiger partial charge in [0.1, 0.15) is 0 Å². The molecule has 0 saturated carbocycles. The average Bonchev–Trinajstić information content (AvgIpc) is 2.96. The van der Waals surface area contributed by atoms with Crippen molar-refractivity contribution in [2.45, 2.75) is 26.8 Å². The minimum absolute atomic E-state index is 0. The van der Waals surface area contributed by atoms with Crippen molar-refractivity contribution < 1.29 is 4.79 Å². The molecular weight excluding hydrogens is 455 g/mol. The van der Waals surface area contributed by atoms with E-state index < -0.39 is 0 Å².